The minimum absolute atomic E-state index is 0.0231. The Kier molecular flexibility index (Phi) is 3.54. The summed E-state index contributed by atoms with van der Waals surface area (Å²) in [7, 11) is 1.89. The average Bonchev–Trinajstić information content (AvgIpc) is 3.15. The highest BCUT2D eigenvalue weighted by molar-refractivity contribution is 5.77. The topological polar surface area (TPSA) is 44.1 Å². The van der Waals surface area contributed by atoms with Crippen LogP contribution in [0.15, 0.2) is 42.7 Å². The lowest BCUT2D eigenvalue weighted by Crippen LogP contribution is -2.10. The van der Waals surface area contributed by atoms with E-state index in [2.05, 4.69) is 5.10 Å². The zero-order chi connectivity index (χ0) is 13.9. The van der Waals surface area contributed by atoms with Gasteiger partial charge in [-0.05, 0) is 17.5 Å². The number of aromatic nitrogens is 2. The van der Waals surface area contributed by atoms with E-state index in [1.165, 1.54) is 5.56 Å². The number of benzene rings is 1. The monoisotopic (exact) mass is 270 g/mol. The van der Waals surface area contributed by atoms with Crippen molar-refractivity contribution in [1.82, 2.24) is 9.78 Å². The Morgan fingerprint density at radius 2 is 2.20 bits per heavy atom. The molecule has 1 aromatic heterocycles. The van der Waals surface area contributed by atoms with Gasteiger partial charge in [0.25, 0.3) is 0 Å². The summed E-state index contributed by atoms with van der Waals surface area (Å²) in [6.07, 6.45) is 5.47. The first-order valence-electron chi connectivity index (χ1n) is 6.93. The highest BCUT2D eigenvalue weighted by atomic mass is 16.5. The SMILES string of the molecule is Cn1cc([C@H]2C[C@@H]2C(=O)OCCc2ccccc2)cn1. The summed E-state index contributed by atoms with van der Waals surface area (Å²) in [5.41, 5.74) is 2.33. The van der Waals surface area contributed by atoms with Gasteiger partial charge in [0.1, 0.15) is 0 Å². The first-order valence-corrected chi connectivity index (χ1v) is 6.93. The number of ether oxygens (including phenoxy) is 1. The Morgan fingerprint density at radius 3 is 2.90 bits per heavy atom. The number of aryl methyl sites for hydroxylation is 1. The molecule has 0 aliphatic heterocycles. The smallest absolute Gasteiger partial charge is 0.309 e. The second-order valence-electron chi connectivity index (χ2n) is 5.30. The molecule has 104 valence electrons. The number of rotatable bonds is 5. The van der Waals surface area contributed by atoms with Crippen LogP contribution >= 0.6 is 0 Å². The van der Waals surface area contributed by atoms with Crippen molar-refractivity contribution in [2.45, 2.75) is 18.8 Å². The van der Waals surface area contributed by atoms with Crippen molar-refractivity contribution >= 4 is 5.97 Å². The molecule has 0 N–H and O–H groups in total. The molecule has 0 saturated heterocycles. The van der Waals surface area contributed by atoms with Crippen molar-refractivity contribution < 1.29 is 9.53 Å². The summed E-state index contributed by atoms with van der Waals surface area (Å²) < 4.78 is 7.13. The standard InChI is InChI=1S/C16H18N2O2/c1-18-11-13(10-17-18)14-9-15(14)16(19)20-8-7-12-5-3-2-4-6-12/h2-6,10-11,14-15H,7-9H2,1H3/t14-,15+/m1/s1. The molecule has 4 nitrogen and oxygen atoms in total. The molecule has 4 heteroatoms. The number of carbonyl (C=O) groups is 1. The van der Waals surface area contributed by atoms with E-state index in [1.807, 2.05) is 49.8 Å². The van der Waals surface area contributed by atoms with Crippen LogP contribution in [-0.2, 0) is 23.0 Å². The van der Waals surface area contributed by atoms with Crippen LogP contribution in [0.5, 0.6) is 0 Å². The molecule has 1 aromatic carbocycles. The van der Waals surface area contributed by atoms with E-state index in [4.69, 9.17) is 4.74 Å². The predicted molar refractivity (Wildman–Crippen MR) is 75.2 cm³/mol. The van der Waals surface area contributed by atoms with E-state index in [1.54, 1.807) is 4.68 Å². The Labute approximate surface area is 118 Å². The van der Waals surface area contributed by atoms with Crippen LogP contribution in [0.2, 0.25) is 0 Å². The van der Waals surface area contributed by atoms with Crippen molar-refractivity contribution in [2.75, 3.05) is 6.61 Å². The van der Waals surface area contributed by atoms with Crippen molar-refractivity contribution in [3.63, 3.8) is 0 Å². The summed E-state index contributed by atoms with van der Waals surface area (Å²) in [5, 5.41) is 4.14. The maximum absolute atomic E-state index is 11.9. The normalized spacial score (nSPS) is 20.6. The second kappa shape index (κ2) is 5.49. The van der Waals surface area contributed by atoms with Gasteiger partial charge in [0.2, 0.25) is 0 Å². The highest BCUT2D eigenvalue weighted by Gasteiger charge is 2.45. The molecule has 2 aromatic rings. The third kappa shape index (κ3) is 2.90. The lowest BCUT2D eigenvalue weighted by molar-refractivity contribution is -0.145. The van der Waals surface area contributed by atoms with Gasteiger partial charge in [0.05, 0.1) is 18.7 Å². The van der Waals surface area contributed by atoms with Crippen LogP contribution in [0, 0.1) is 5.92 Å². The molecule has 1 aliphatic rings. The molecule has 3 rings (SSSR count). The summed E-state index contributed by atoms with van der Waals surface area (Å²) in [6.45, 7) is 0.457. The summed E-state index contributed by atoms with van der Waals surface area (Å²) in [4.78, 5) is 11.9. The quantitative estimate of drug-likeness (QED) is 0.783. The van der Waals surface area contributed by atoms with Gasteiger partial charge >= 0.3 is 5.97 Å². The first-order chi connectivity index (χ1) is 9.74. The fraction of sp³-hybridized carbons (Fsp3) is 0.375. The molecule has 1 saturated carbocycles. The molecule has 2 atom stereocenters. The number of hydrogen-bond acceptors (Lipinski definition) is 3. The van der Waals surface area contributed by atoms with Crippen molar-refractivity contribution in [3.8, 4) is 0 Å². The molecule has 20 heavy (non-hydrogen) atoms. The largest absolute Gasteiger partial charge is 0.465 e. The van der Waals surface area contributed by atoms with Gasteiger partial charge in [0, 0.05) is 25.6 Å². The lowest BCUT2D eigenvalue weighted by atomic mass is 10.2. The number of nitrogens with zero attached hydrogens (tertiary/aromatic N) is 2. The Morgan fingerprint density at radius 1 is 1.40 bits per heavy atom. The van der Waals surface area contributed by atoms with Crippen LogP contribution in [0.25, 0.3) is 0 Å². The van der Waals surface area contributed by atoms with Crippen LogP contribution in [0.1, 0.15) is 23.5 Å². The summed E-state index contributed by atoms with van der Waals surface area (Å²) >= 11 is 0. The highest BCUT2D eigenvalue weighted by Crippen LogP contribution is 2.47. The van der Waals surface area contributed by atoms with Crippen LogP contribution in [-0.4, -0.2) is 22.4 Å². The van der Waals surface area contributed by atoms with E-state index in [-0.39, 0.29) is 11.9 Å². The molecule has 0 amide bonds. The molecule has 0 radical (unpaired) electrons. The van der Waals surface area contributed by atoms with E-state index >= 15 is 0 Å². The summed E-state index contributed by atoms with van der Waals surface area (Å²) in [6, 6.07) is 10.1. The van der Waals surface area contributed by atoms with Crippen molar-refractivity contribution in [3.05, 3.63) is 53.9 Å². The van der Waals surface area contributed by atoms with E-state index < -0.39 is 0 Å². The molecular weight excluding hydrogens is 252 g/mol. The van der Waals surface area contributed by atoms with Gasteiger partial charge in [-0.3, -0.25) is 9.48 Å². The van der Waals surface area contributed by atoms with Gasteiger partial charge in [-0.2, -0.15) is 5.10 Å². The number of esters is 1. The van der Waals surface area contributed by atoms with Crippen LogP contribution in [0.3, 0.4) is 0 Å². The maximum Gasteiger partial charge on any atom is 0.309 e. The molecule has 1 fully saturated rings. The third-order valence-electron chi connectivity index (χ3n) is 3.72. The zero-order valence-corrected chi connectivity index (χ0v) is 11.5. The summed E-state index contributed by atoms with van der Waals surface area (Å²) in [5.74, 6) is 0.248. The fourth-order valence-corrected chi connectivity index (χ4v) is 2.48. The predicted octanol–water partition coefficient (Wildman–Crippen LogP) is 2.31. The minimum Gasteiger partial charge on any atom is -0.465 e. The van der Waals surface area contributed by atoms with Crippen LogP contribution < -0.4 is 0 Å². The van der Waals surface area contributed by atoms with E-state index in [9.17, 15) is 4.79 Å². The fourth-order valence-electron chi connectivity index (χ4n) is 2.48. The van der Waals surface area contributed by atoms with Gasteiger partial charge in [0.15, 0.2) is 0 Å². The van der Waals surface area contributed by atoms with E-state index in [0.29, 0.717) is 12.5 Å². The minimum atomic E-state index is -0.0743. The van der Waals surface area contributed by atoms with Gasteiger partial charge in [-0.1, -0.05) is 30.3 Å². The van der Waals surface area contributed by atoms with Crippen molar-refractivity contribution in [1.29, 1.82) is 0 Å². The zero-order valence-electron chi connectivity index (χ0n) is 11.5. The van der Waals surface area contributed by atoms with Crippen LogP contribution in [0.4, 0.5) is 0 Å². The molecule has 0 spiro atoms. The second-order valence-corrected chi connectivity index (χ2v) is 5.30. The molecule has 1 aliphatic carbocycles. The Hall–Kier alpha value is -2.10. The molecular formula is C16H18N2O2. The van der Waals surface area contributed by atoms with Gasteiger partial charge in [-0.15, -0.1) is 0 Å². The number of hydrogen-bond donors (Lipinski definition) is 0. The van der Waals surface area contributed by atoms with Gasteiger partial charge in [-0.25, -0.2) is 0 Å². The van der Waals surface area contributed by atoms with Gasteiger partial charge < -0.3 is 4.74 Å². The van der Waals surface area contributed by atoms with E-state index in [0.717, 1.165) is 18.4 Å². The number of carbonyl (C=O) groups excluding carboxylic acids is 1. The Bertz CT molecular complexity index is 592. The average molecular weight is 270 g/mol. The molecule has 0 unspecified atom stereocenters. The lowest BCUT2D eigenvalue weighted by Gasteiger charge is -2.04. The molecule has 1 heterocycles. The van der Waals surface area contributed by atoms with Crippen molar-refractivity contribution in [2.24, 2.45) is 13.0 Å². The Balaban J connectivity index is 1.45. The third-order valence-corrected chi connectivity index (χ3v) is 3.72. The maximum atomic E-state index is 11.9. The molecule has 0 bridgehead atoms. The first kappa shape index (κ1) is 12.9.